The van der Waals surface area contributed by atoms with E-state index < -0.39 is 17.5 Å². The second-order valence-electron chi connectivity index (χ2n) is 3.73. The molecule has 4 heteroatoms. The van der Waals surface area contributed by atoms with Gasteiger partial charge in [0.1, 0.15) is 6.61 Å². The molecule has 0 radical (unpaired) electrons. The van der Waals surface area contributed by atoms with Crippen LogP contribution in [-0.2, 0) is 11.3 Å². The zero-order valence-electron chi connectivity index (χ0n) is 9.47. The number of phenolic OH excluding ortho intramolecular Hbond substituents is 1. The van der Waals surface area contributed by atoms with E-state index in [4.69, 9.17) is 9.84 Å². The summed E-state index contributed by atoms with van der Waals surface area (Å²) < 4.78 is 18.1. The Morgan fingerprint density at radius 2 is 1.89 bits per heavy atom. The van der Waals surface area contributed by atoms with E-state index in [0.29, 0.717) is 0 Å². The molecule has 18 heavy (non-hydrogen) atoms. The normalized spacial score (nSPS) is 10.1. The van der Waals surface area contributed by atoms with Gasteiger partial charge in [-0.05, 0) is 23.8 Å². The van der Waals surface area contributed by atoms with Gasteiger partial charge in [-0.2, -0.15) is 0 Å². The lowest BCUT2D eigenvalue weighted by atomic mass is 10.2. The van der Waals surface area contributed by atoms with Gasteiger partial charge in [0.2, 0.25) is 0 Å². The van der Waals surface area contributed by atoms with Crippen LogP contribution in [0, 0.1) is 5.82 Å². The quantitative estimate of drug-likeness (QED) is 0.847. The van der Waals surface area contributed by atoms with Crippen LogP contribution < -0.4 is 0 Å². The Balaban J connectivity index is 2.02. The van der Waals surface area contributed by atoms with E-state index in [9.17, 15) is 9.18 Å². The number of phenols is 1. The Labute approximate surface area is 103 Å². The molecule has 2 aromatic rings. The van der Waals surface area contributed by atoms with E-state index in [1.54, 1.807) is 0 Å². The van der Waals surface area contributed by atoms with E-state index in [-0.39, 0.29) is 12.2 Å². The Morgan fingerprint density at radius 3 is 2.56 bits per heavy atom. The monoisotopic (exact) mass is 246 g/mol. The highest BCUT2D eigenvalue weighted by atomic mass is 19.1. The summed E-state index contributed by atoms with van der Waals surface area (Å²) in [5, 5.41) is 9.01. The summed E-state index contributed by atoms with van der Waals surface area (Å²) in [5.41, 5.74) is 0.923. The Hall–Kier alpha value is -2.36. The van der Waals surface area contributed by atoms with Crippen molar-refractivity contribution >= 4 is 5.97 Å². The second-order valence-corrected chi connectivity index (χ2v) is 3.73. The van der Waals surface area contributed by atoms with Crippen LogP contribution in [0.25, 0.3) is 0 Å². The van der Waals surface area contributed by atoms with E-state index in [1.165, 1.54) is 6.07 Å². The maximum Gasteiger partial charge on any atom is 0.338 e. The first-order valence-electron chi connectivity index (χ1n) is 5.36. The first-order valence-corrected chi connectivity index (χ1v) is 5.36. The molecule has 0 aromatic heterocycles. The van der Waals surface area contributed by atoms with Gasteiger partial charge in [-0.15, -0.1) is 0 Å². The highest BCUT2D eigenvalue weighted by molar-refractivity contribution is 5.89. The smallest absolute Gasteiger partial charge is 0.338 e. The Bertz CT molecular complexity index is 552. The van der Waals surface area contributed by atoms with Crippen LogP contribution in [0.1, 0.15) is 15.9 Å². The van der Waals surface area contributed by atoms with Crippen molar-refractivity contribution in [1.82, 2.24) is 0 Å². The minimum Gasteiger partial charge on any atom is -0.505 e. The lowest BCUT2D eigenvalue weighted by Crippen LogP contribution is -2.05. The zero-order chi connectivity index (χ0) is 13.0. The highest BCUT2D eigenvalue weighted by Crippen LogP contribution is 2.17. The van der Waals surface area contributed by atoms with Gasteiger partial charge in [0.05, 0.1) is 5.56 Å². The lowest BCUT2D eigenvalue weighted by Gasteiger charge is -2.05. The fourth-order valence-electron chi connectivity index (χ4n) is 1.44. The SMILES string of the molecule is O=C(OCc1ccccc1)c1ccc(O)c(F)c1. The van der Waals surface area contributed by atoms with Gasteiger partial charge in [-0.1, -0.05) is 30.3 Å². The van der Waals surface area contributed by atoms with Crippen molar-refractivity contribution in [2.24, 2.45) is 0 Å². The van der Waals surface area contributed by atoms with Crippen LogP contribution in [0.15, 0.2) is 48.5 Å². The topological polar surface area (TPSA) is 46.5 Å². The van der Waals surface area contributed by atoms with E-state index in [1.807, 2.05) is 30.3 Å². The molecule has 0 spiro atoms. The summed E-state index contributed by atoms with van der Waals surface area (Å²) in [7, 11) is 0. The minimum atomic E-state index is -0.843. The number of ether oxygens (including phenoxy) is 1. The predicted octanol–water partition coefficient (Wildman–Crippen LogP) is 2.89. The lowest BCUT2D eigenvalue weighted by molar-refractivity contribution is 0.0472. The molecule has 0 unspecified atom stereocenters. The number of carbonyl (C=O) groups is 1. The molecule has 0 saturated carbocycles. The largest absolute Gasteiger partial charge is 0.505 e. The molecule has 3 nitrogen and oxygen atoms in total. The third-order valence-electron chi connectivity index (χ3n) is 2.40. The number of benzene rings is 2. The van der Waals surface area contributed by atoms with Crippen molar-refractivity contribution in [2.75, 3.05) is 0 Å². The summed E-state index contributed by atoms with van der Waals surface area (Å²) in [6.07, 6.45) is 0. The van der Waals surface area contributed by atoms with Crippen molar-refractivity contribution < 1.29 is 19.0 Å². The molecule has 2 aromatic carbocycles. The average Bonchev–Trinajstić information content (AvgIpc) is 2.40. The molecule has 0 fully saturated rings. The van der Waals surface area contributed by atoms with Gasteiger partial charge in [-0.25, -0.2) is 9.18 Å². The van der Waals surface area contributed by atoms with Crippen molar-refractivity contribution in [2.45, 2.75) is 6.61 Å². The fraction of sp³-hybridized carbons (Fsp3) is 0.0714. The third kappa shape index (κ3) is 2.85. The molecule has 0 atom stereocenters. The number of hydrogen-bond acceptors (Lipinski definition) is 3. The predicted molar refractivity (Wildman–Crippen MR) is 63.6 cm³/mol. The minimum absolute atomic E-state index is 0.0706. The molecule has 0 heterocycles. The maximum absolute atomic E-state index is 13.0. The molecule has 0 aliphatic carbocycles. The molecule has 0 aliphatic rings. The zero-order valence-corrected chi connectivity index (χ0v) is 9.47. The number of hydrogen-bond donors (Lipinski definition) is 1. The molecule has 0 amide bonds. The van der Waals surface area contributed by atoms with E-state index in [2.05, 4.69) is 0 Å². The summed E-state index contributed by atoms with van der Waals surface area (Å²) >= 11 is 0. The molecular formula is C14H11FO3. The van der Waals surface area contributed by atoms with Gasteiger partial charge in [-0.3, -0.25) is 0 Å². The molecule has 0 bridgehead atoms. The first-order chi connectivity index (χ1) is 8.66. The van der Waals surface area contributed by atoms with Crippen LogP contribution in [0.2, 0.25) is 0 Å². The van der Waals surface area contributed by atoms with Crippen LogP contribution in [0.4, 0.5) is 4.39 Å². The number of esters is 1. The van der Waals surface area contributed by atoms with Crippen molar-refractivity contribution in [3.8, 4) is 5.75 Å². The number of halogens is 1. The molecule has 92 valence electrons. The fourth-order valence-corrected chi connectivity index (χ4v) is 1.44. The van der Waals surface area contributed by atoms with Gasteiger partial charge in [0.25, 0.3) is 0 Å². The van der Waals surface area contributed by atoms with Crippen LogP contribution in [-0.4, -0.2) is 11.1 Å². The summed E-state index contributed by atoms with van der Waals surface area (Å²) in [5.74, 6) is -1.96. The van der Waals surface area contributed by atoms with E-state index in [0.717, 1.165) is 17.7 Å². The number of rotatable bonds is 3. The van der Waals surface area contributed by atoms with Crippen LogP contribution in [0.5, 0.6) is 5.75 Å². The molecular weight excluding hydrogens is 235 g/mol. The molecule has 0 saturated heterocycles. The third-order valence-corrected chi connectivity index (χ3v) is 2.40. The number of carbonyl (C=O) groups excluding carboxylic acids is 1. The first kappa shape index (κ1) is 12.1. The average molecular weight is 246 g/mol. The van der Waals surface area contributed by atoms with E-state index >= 15 is 0 Å². The maximum atomic E-state index is 13.0. The standard InChI is InChI=1S/C14H11FO3/c15-12-8-11(6-7-13(12)16)14(17)18-9-10-4-2-1-3-5-10/h1-8,16H,9H2. The van der Waals surface area contributed by atoms with Crippen LogP contribution in [0.3, 0.4) is 0 Å². The summed E-state index contributed by atoms with van der Waals surface area (Å²) in [6.45, 7) is 0.127. The van der Waals surface area contributed by atoms with Gasteiger partial charge >= 0.3 is 5.97 Å². The van der Waals surface area contributed by atoms with Crippen molar-refractivity contribution in [1.29, 1.82) is 0 Å². The van der Waals surface area contributed by atoms with Gasteiger partial charge in [0.15, 0.2) is 11.6 Å². The summed E-state index contributed by atoms with van der Waals surface area (Å²) in [6, 6.07) is 12.6. The number of aromatic hydroxyl groups is 1. The second kappa shape index (κ2) is 5.31. The highest BCUT2D eigenvalue weighted by Gasteiger charge is 2.10. The van der Waals surface area contributed by atoms with Gasteiger partial charge < -0.3 is 9.84 Å². The molecule has 0 aliphatic heterocycles. The van der Waals surface area contributed by atoms with Crippen molar-refractivity contribution in [3.63, 3.8) is 0 Å². The Kier molecular flexibility index (Phi) is 3.57. The molecule has 1 N–H and O–H groups in total. The molecule has 2 rings (SSSR count). The van der Waals surface area contributed by atoms with Gasteiger partial charge in [0, 0.05) is 0 Å². The van der Waals surface area contributed by atoms with Crippen molar-refractivity contribution in [3.05, 3.63) is 65.5 Å². The summed E-state index contributed by atoms with van der Waals surface area (Å²) in [4.78, 5) is 11.6. The van der Waals surface area contributed by atoms with Crippen LogP contribution >= 0.6 is 0 Å². The Morgan fingerprint density at radius 1 is 1.17 bits per heavy atom.